The molecule has 0 atom stereocenters. The van der Waals surface area contributed by atoms with Gasteiger partial charge in [-0.3, -0.25) is 0 Å². The maximum Gasteiger partial charge on any atom is 0.123 e. The summed E-state index contributed by atoms with van der Waals surface area (Å²) in [5, 5.41) is 3.52. The highest BCUT2D eigenvalue weighted by Gasteiger charge is 2.20. The Kier molecular flexibility index (Phi) is 5.02. The predicted octanol–water partition coefficient (Wildman–Crippen LogP) is 2.13. The van der Waals surface area contributed by atoms with Crippen molar-refractivity contribution >= 4 is 0 Å². The van der Waals surface area contributed by atoms with Crippen LogP contribution in [-0.2, 0) is 6.54 Å². The molecular formula is C15H24N2O. The second kappa shape index (κ2) is 6.76. The molecule has 3 nitrogen and oxygen atoms in total. The first-order valence-corrected chi connectivity index (χ1v) is 6.80. The third-order valence-electron chi connectivity index (χ3n) is 3.43. The van der Waals surface area contributed by atoms with Crippen molar-refractivity contribution in [3.05, 3.63) is 29.8 Å². The Morgan fingerprint density at radius 2 is 2.11 bits per heavy atom. The molecule has 1 aliphatic carbocycles. The van der Waals surface area contributed by atoms with Crippen LogP contribution in [0.1, 0.15) is 18.4 Å². The Balaban J connectivity index is 1.70. The Morgan fingerprint density at radius 1 is 1.33 bits per heavy atom. The molecule has 0 amide bonds. The van der Waals surface area contributed by atoms with E-state index in [1.54, 1.807) is 7.11 Å². The van der Waals surface area contributed by atoms with Crippen molar-refractivity contribution in [3.63, 3.8) is 0 Å². The Morgan fingerprint density at radius 3 is 2.83 bits per heavy atom. The van der Waals surface area contributed by atoms with E-state index in [9.17, 15) is 0 Å². The fourth-order valence-electron chi connectivity index (χ4n) is 2.10. The SMILES string of the molecule is COc1ccccc1CN(C)CCNCC1CC1. The molecule has 1 aromatic rings. The Bertz CT molecular complexity index is 363. The van der Waals surface area contributed by atoms with Crippen molar-refractivity contribution in [1.82, 2.24) is 10.2 Å². The minimum absolute atomic E-state index is 0.940. The van der Waals surface area contributed by atoms with Gasteiger partial charge in [0.15, 0.2) is 0 Å². The highest BCUT2D eigenvalue weighted by atomic mass is 16.5. The summed E-state index contributed by atoms with van der Waals surface area (Å²) in [6.45, 7) is 4.28. The lowest BCUT2D eigenvalue weighted by atomic mass is 10.2. The van der Waals surface area contributed by atoms with Gasteiger partial charge >= 0.3 is 0 Å². The minimum atomic E-state index is 0.940. The van der Waals surface area contributed by atoms with Crippen LogP contribution in [0.25, 0.3) is 0 Å². The summed E-state index contributed by atoms with van der Waals surface area (Å²) in [5.74, 6) is 1.94. The lowest BCUT2D eigenvalue weighted by molar-refractivity contribution is 0.315. The molecule has 0 bridgehead atoms. The van der Waals surface area contributed by atoms with Crippen molar-refractivity contribution in [2.45, 2.75) is 19.4 Å². The summed E-state index contributed by atoms with van der Waals surface area (Å²) in [6, 6.07) is 8.23. The van der Waals surface area contributed by atoms with Crippen LogP contribution in [0.4, 0.5) is 0 Å². The van der Waals surface area contributed by atoms with Gasteiger partial charge in [-0.2, -0.15) is 0 Å². The molecule has 100 valence electrons. The molecule has 0 aromatic heterocycles. The Labute approximate surface area is 110 Å². The average Bonchev–Trinajstić information content (AvgIpc) is 3.19. The highest BCUT2D eigenvalue weighted by Crippen LogP contribution is 2.27. The number of para-hydroxylation sites is 1. The number of benzene rings is 1. The van der Waals surface area contributed by atoms with Crippen LogP contribution in [0.5, 0.6) is 5.75 Å². The van der Waals surface area contributed by atoms with Crippen molar-refractivity contribution in [2.24, 2.45) is 5.92 Å². The number of rotatable bonds is 8. The monoisotopic (exact) mass is 248 g/mol. The molecule has 0 saturated heterocycles. The molecule has 1 aromatic carbocycles. The van der Waals surface area contributed by atoms with E-state index >= 15 is 0 Å². The van der Waals surface area contributed by atoms with Gasteiger partial charge in [-0.15, -0.1) is 0 Å². The highest BCUT2D eigenvalue weighted by molar-refractivity contribution is 5.32. The maximum absolute atomic E-state index is 5.37. The molecule has 2 rings (SSSR count). The molecule has 0 radical (unpaired) electrons. The first-order chi connectivity index (χ1) is 8.79. The van der Waals surface area contributed by atoms with Gasteiger partial charge < -0.3 is 15.0 Å². The van der Waals surface area contributed by atoms with Crippen molar-refractivity contribution < 1.29 is 4.74 Å². The third-order valence-corrected chi connectivity index (χ3v) is 3.43. The third kappa shape index (κ3) is 4.31. The van der Waals surface area contributed by atoms with Crippen LogP contribution in [0.2, 0.25) is 0 Å². The van der Waals surface area contributed by atoms with Crippen molar-refractivity contribution in [1.29, 1.82) is 0 Å². The molecule has 1 N–H and O–H groups in total. The van der Waals surface area contributed by atoms with Crippen LogP contribution in [-0.4, -0.2) is 38.7 Å². The van der Waals surface area contributed by atoms with Crippen LogP contribution >= 0.6 is 0 Å². The van der Waals surface area contributed by atoms with Gasteiger partial charge in [-0.25, -0.2) is 0 Å². The fraction of sp³-hybridized carbons (Fsp3) is 0.600. The number of likely N-dealkylation sites (N-methyl/N-ethyl adjacent to an activating group) is 1. The predicted molar refractivity (Wildman–Crippen MR) is 74.9 cm³/mol. The maximum atomic E-state index is 5.37. The quantitative estimate of drug-likeness (QED) is 0.713. The summed E-state index contributed by atoms with van der Waals surface area (Å²) < 4.78 is 5.37. The van der Waals surface area contributed by atoms with Gasteiger partial charge in [-0.1, -0.05) is 18.2 Å². The smallest absolute Gasteiger partial charge is 0.123 e. The molecule has 0 spiro atoms. The minimum Gasteiger partial charge on any atom is -0.496 e. The van der Waals surface area contributed by atoms with E-state index < -0.39 is 0 Å². The van der Waals surface area contributed by atoms with E-state index in [0.29, 0.717) is 0 Å². The van der Waals surface area contributed by atoms with Gasteiger partial charge in [0.2, 0.25) is 0 Å². The van der Waals surface area contributed by atoms with Crippen molar-refractivity contribution in [2.75, 3.05) is 33.8 Å². The molecule has 0 unspecified atom stereocenters. The van der Waals surface area contributed by atoms with Gasteiger partial charge in [0.1, 0.15) is 5.75 Å². The second-order valence-electron chi connectivity index (χ2n) is 5.20. The lowest BCUT2D eigenvalue weighted by Gasteiger charge is -2.18. The zero-order valence-corrected chi connectivity index (χ0v) is 11.5. The largest absolute Gasteiger partial charge is 0.496 e. The lowest BCUT2D eigenvalue weighted by Crippen LogP contribution is -2.30. The number of hydrogen-bond donors (Lipinski definition) is 1. The van der Waals surface area contributed by atoms with Gasteiger partial charge in [0.25, 0.3) is 0 Å². The zero-order valence-electron chi connectivity index (χ0n) is 11.5. The van der Waals surface area contributed by atoms with E-state index in [4.69, 9.17) is 4.74 Å². The van der Waals surface area contributed by atoms with Crippen LogP contribution in [0.3, 0.4) is 0 Å². The molecular weight excluding hydrogens is 224 g/mol. The molecule has 0 aliphatic heterocycles. The van der Waals surface area contributed by atoms with E-state index in [1.165, 1.54) is 24.9 Å². The summed E-state index contributed by atoms with van der Waals surface area (Å²) in [6.07, 6.45) is 2.84. The molecule has 3 heteroatoms. The summed E-state index contributed by atoms with van der Waals surface area (Å²) >= 11 is 0. The normalized spacial score (nSPS) is 15.1. The summed E-state index contributed by atoms with van der Waals surface area (Å²) in [5.41, 5.74) is 1.25. The van der Waals surface area contributed by atoms with Crippen LogP contribution in [0.15, 0.2) is 24.3 Å². The average molecular weight is 248 g/mol. The van der Waals surface area contributed by atoms with Crippen LogP contribution < -0.4 is 10.1 Å². The van der Waals surface area contributed by atoms with E-state index in [-0.39, 0.29) is 0 Å². The second-order valence-corrected chi connectivity index (χ2v) is 5.20. The molecule has 1 aliphatic rings. The van der Waals surface area contributed by atoms with Gasteiger partial charge in [0, 0.05) is 25.2 Å². The summed E-state index contributed by atoms with van der Waals surface area (Å²) in [7, 11) is 3.89. The van der Waals surface area contributed by atoms with E-state index in [1.807, 2.05) is 12.1 Å². The first-order valence-electron chi connectivity index (χ1n) is 6.80. The number of nitrogens with zero attached hydrogens (tertiary/aromatic N) is 1. The van der Waals surface area contributed by atoms with Gasteiger partial charge in [0.05, 0.1) is 7.11 Å². The molecule has 0 heterocycles. The Hall–Kier alpha value is -1.06. The molecule has 1 fully saturated rings. The number of methoxy groups -OCH3 is 1. The molecule has 1 saturated carbocycles. The number of ether oxygens (including phenoxy) is 1. The first kappa shape index (κ1) is 13.4. The zero-order chi connectivity index (χ0) is 12.8. The summed E-state index contributed by atoms with van der Waals surface area (Å²) in [4.78, 5) is 2.33. The van der Waals surface area contributed by atoms with Crippen molar-refractivity contribution in [3.8, 4) is 5.75 Å². The molecule has 18 heavy (non-hydrogen) atoms. The topological polar surface area (TPSA) is 24.5 Å². The van der Waals surface area contributed by atoms with E-state index in [2.05, 4.69) is 29.4 Å². The standard InChI is InChI=1S/C15H24N2O/c1-17(10-9-16-11-13-7-8-13)12-14-5-3-4-6-15(14)18-2/h3-6,13,16H,7-12H2,1-2H3. The fourth-order valence-corrected chi connectivity index (χ4v) is 2.10. The van der Waals surface area contributed by atoms with E-state index in [0.717, 1.165) is 31.3 Å². The van der Waals surface area contributed by atoms with Crippen LogP contribution in [0, 0.1) is 5.92 Å². The number of nitrogens with one attached hydrogen (secondary N) is 1. The van der Waals surface area contributed by atoms with Gasteiger partial charge in [-0.05, 0) is 38.4 Å². The number of hydrogen-bond acceptors (Lipinski definition) is 3.